The van der Waals surface area contributed by atoms with E-state index < -0.39 is 5.97 Å². The van der Waals surface area contributed by atoms with Crippen molar-refractivity contribution in [3.05, 3.63) is 64.1 Å². The van der Waals surface area contributed by atoms with Crippen LogP contribution in [0.4, 0.5) is 0 Å². The van der Waals surface area contributed by atoms with Crippen LogP contribution in [0.2, 0.25) is 0 Å². The van der Waals surface area contributed by atoms with Crippen LogP contribution in [-0.4, -0.2) is 11.1 Å². The van der Waals surface area contributed by atoms with Gasteiger partial charge in [-0.1, -0.05) is 46.3 Å². The molecule has 0 bridgehead atoms. The molecule has 18 heavy (non-hydrogen) atoms. The quantitative estimate of drug-likeness (QED) is 0.883. The molecule has 0 amide bonds. The van der Waals surface area contributed by atoms with E-state index in [-0.39, 0.29) is 17.9 Å². The number of esters is 1. The average Bonchev–Trinajstić information content (AvgIpc) is 2.38. The van der Waals surface area contributed by atoms with Gasteiger partial charge in [-0.2, -0.15) is 0 Å². The molecule has 0 fully saturated rings. The van der Waals surface area contributed by atoms with Crippen molar-refractivity contribution in [2.45, 2.75) is 6.61 Å². The number of ether oxygens (including phenoxy) is 1. The van der Waals surface area contributed by atoms with E-state index >= 15 is 0 Å². The minimum atomic E-state index is -0.538. The van der Waals surface area contributed by atoms with Crippen LogP contribution in [0.5, 0.6) is 5.75 Å². The summed E-state index contributed by atoms with van der Waals surface area (Å²) in [5.74, 6) is -0.613. The first-order valence-corrected chi connectivity index (χ1v) is 6.16. The molecule has 0 heterocycles. The van der Waals surface area contributed by atoms with Gasteiger partial charge in [0.2, 0.25) is 0 Å². The normalized spacial score (nSPS) is 10.1. The zero-order valence-corrected chi connectivity index (χ0v) is 11.1. The Morgan fingerprint density at radius 3 is 2.50 bits per heavy atom. The van der Waals surface area contributed by atoms with Crippen LogP contribution < -0.4 is 0 Å². The van der Waals surface area contributed by atoms with Gasteiger partial charge in [-0.15, -0.1) is 0 Å². The van der Waals surface area contributed by atoms with Gasteiger partial charge in [-0.25, -0.2) is 4.79 Å². The summed E-state index contributed by atoms with van der Waals surface area (Å²) in [4.78, 5) is 11.8. The fraction of sp³-hybridized carbons (Fsp3) is 0.0714. The van der Waals surface area contributed by atoms with E-state index in [2.05, 4.69) is 15.9 Å². The van der Waals surface area contributed by atoms with Crippen molar-refractivity contribution in [3.63, 3.8) is 0 Å². The van der Waals surface area contributed by atoms with Gasteiger partial charge in [-0.05, 0) is 18.2 Å². The lowest BCUT2D eigenvalue weighted by atomic mass is 10.2. The summed E-state index contributed by atoms with van der Waals surface area (Å²) in [6, 6.07) is 13.8. The smallest absolute Gasteiger partial charge is 0.342 e. The fourth-order valence-electron chi connectivity index (χ4n) is 1.48. The predicted octanol–water partition coefficient (Wildman–Crippen LogP) is 3.51. The molecule has 0 aromatic heterocycles. The fourth-order valence-corrected chi connectivity index (χ4v) is 1.88. The maximum Gasteiger partial charge on any atom is 0.342 e. The summed E-state index contributed by atoms with van der Waals surface area (Å²) in [6.45, 7) is 0.161. The molecular formula is C14H11BrO3. The second-order valence-electron chi connectivity index (χ2n) is 3.68. The minimum Gasteiger partial charge on any atom is -0.507 e. The minimum absolute atomic E-state index is 0.0744. The molecule has 0 unspecified atom stereocenters. The zero-order chi connectivity index (χ0) is 13.0. The summed E-state index contributed by atoms with van der Waals surface area (Å²) in [6.07, 6.45) is 0. The van der Waals surface area contributed by atoms with Crippen LogP contribution in [0.15, 0.2) is 53.0 Å². The number of phenols is 1. The number of para-hydroxylation sites is 1. The second kappa shape index (κ2) is 5.69. The van der Waals surface area contributed by atoms with E-state index in [1.807, 2.05) is 24.3 Å². The molecule has 0 spiro atoms. The summed E-state index contributed by atoms with van der Waals surface area (Å²) < 4.78 is 6.03. The van der Waals surface area contributed by atoms with Crippen molar-refractivity contribution >= 4 is 21.9 Å². The third-order valence-corrected chi connectivity index (χ3v) is 3.21. The molecule has 2 aromatic rings. The lowest BCUT2D eigenvalue weighted by Crippen LogP contribution is -2.05. The van der Waals surface area contributed by atoms with E-state index in [0.29, 0.717) is 0 Å². The molecule has 2 rings (SSSR count). The maximum atomic E-state index is 11.8. The Labute approximate surface area is 113 Å². The van der Waals surface area contributed by atoms with Gasteiger partial charge in [0.15, 0.2) is 0 Å². The van der Waals surface area contributed by atoms with Crippen LogP contribution in [0, 0.1) is 0 Å². The van der Waals surface area contributed by atoms with Gasteiger partial charge in [0.25, 0.3) is 0 Å². The SMILES string of the molecule is O=C(OCc1ccccc1Br)c1ccccc1O. The van der Waals surface area contributed by atoms with E-state index in [1.54, 1.807) is 12.1 Å². The van der Waals surface area contributed by atoms with Crippen LogP contribution in [0.1, 0.15) is 15.9 Å². The van der Waals surface area contributed by atoms with Crippen LogP contribution >= 0.6 is 15.9 Å². The number of rotatable bonds is 3. The number of hydrogen-bond acceptors (Lipinski definition) is 3. The Hall–Kier alpha value is -1.81. The summed E-state index contributed by atoms with van der Waals surface area (Å²) in [7, 11) is 0. The Morgan fingerprint density at radius 1 is 1.11 bits per heavy atom. The standard InChI is InChI=1S/C14H11BrO3/c15-12-7-3-1-5-10(12)9-18-14(17)11-6-2-4-8-13(11)16/h1-8,16H,9H2. The lowest BCUT2D eigenvalue weighted by Gasteiger charge is -2.07. The highest BCUT2D eigenvalue weighted by Crippen LogP contribution is 2.20. The van der Waals surface area contributed by atoms with Gasteiger partial charge < -0.3 is 9.84 Å². The van der Waals surface area contributed by atoms with Crippen molar-refractivity contribution in [2.75, 3.05) is 0 Å². The predicted molar refractivity (Wildman–Crippen MR) is 71.4 cm³/mol. The third kappa shape index (κ3) is 2.90. The second-order valence-corrected chi connectivity index (χ2v) is 4.54. The van der Waals surface area contributed by atoms with Crippen LogP contribution in [-0.2, 0) is 11.3 Å². The molecular weight excluding hydrogens is 296 g/mol. The molecule has 0 radical (unpaired) electrons. The van der Waals surface area contributed by atoms with Crippen molar-refractivity contribution in [1.29, 1.82) is 0 Å². The highest BCUT2D eigenvalue weighted by atomic mass is 79.9. The Kier molecular flexibility index (Phi) is 3.99. The monoisotopic (exact) mass is 306 g/mol. The summed E-state index contributed by atoms with van der Waals surface area (Å²) in [5, 5.41) is 9.52. The maximum absolute atomic E-state index is 11.8. The summed E-state index contributed by atoms with van der Waals surface area (Å²) >= 11 is 3.38. The Balaban J connectivity index is 2.06. The first-order valence-electron chi connectivity index (χ1n) is 5.37. The van der Waals surface area contributed by atoms with Gasteiger partial charge in [0, 0.05) is 10.0 Å². The molecule has 0 atom stereocenters. The molecule has 0 saturated heterocycles. The zero-order valence-electron chi connectivity index (χ0n) is 9.47. The molecule has 92 valence electrons. The summed E-state index contributed by atoms with van der Waals surface area (Å²) in [5.41, 5.74) is 1.05. The first kappa shape index (κ1) is 12.6. The molecule has 0 saturated carbocycles. The van der Waals surface area contributed by atoms with Crippen LogP contribution in [0.3, 0.4) is 0 Å². The van der Waals surface area contributed by atoms with E-state index in [0.717, 1.165) is 10.0 Å². The largest absolute Gasteiger partial charge is 0.507 e. The molecule has 0 aliphatic carbocycles. The van der Waals surface area contributed by atoms with Gasteiger partial charge in [0.1, 0.15) is 17.9 Å². The number of carbonyl (C=O) groups excluding carboxylic acids is 1. The molecule has 1 N–H and O–H groups in total. The number of halogens is 1. The Morgan fingerprint density at radius 2 is 1.78 bits per heavy atom. The number of aromatic hydroxyl groups is 1. The van der Waals surface area contributed by atoms with Gasteiger partial charge in [0.05, 0.1) is 0 Å². The number of carbonyl (C=O) groups is 1. The van der Waals surface area contributed by atoms with E-state index in [9.17, 15) is 9.90 Å². The highest BCUT2D eigenvalue weighted by molar-refractivity contribution is 9.10. The van der Waals surface area contributed by atoms with Gasteiger partial charge >= 0.3 is 5.97 Å². The van der Waals surface area contributed by atoms with Crippen molar-refractivity contribution < 1.29 is 14.6 Å². The lowest BCUT2D eigenvalue weighted by molar-refractivity contribution is 0.0468. The number of benzene rings is 2. The van der Waals surface area contributed by atoms with Crippen LogP contribution in [0.25, 0.3) is 0 Å². The average molecular weight is 307 g/mol. The molecule has 0 aliphatic heterocycles. The third-order valence-electron chi connectivity index (χ3n) is 2.44. The van der Waals surface area contributed by atoms with Crippen molar-refractivity contribution in [2.24, 2.45) is 0 Å². The molecule has 4 heteroatoms. The Bertz CT molecular complexity index is 566. The topological polar surface area (TPSA) is 46.5 Å². The first-order chi connectivity index (χ1) is 8.68. The highest BCUT2D eigenvalue weighted by Gasteiger charge is 2.12. The number of phenolic OH excluding ortho intramolecular Hbond substituents is 1. The van der Waals surface area contributed by atoms with E-state index in [1.165, 1.54) is 12.1 Å². The van der Waals surface area contributed by atoms with Crippen molar-refractivity contribution in [1.82, 2.24) is 0 Å². The van der Waals surface area contributed by atoms with E-state index in [4.69, 9.17) is 4.74 Å². The molecule has 2 aromatic carbocycles. The van der Waals surface area contributed by atoms with Gasteiger partial charge in [-0.3, -0.25) is 0 Å². The molecule has 0 aliphatic rings. The van der Waals surface area contributed by atoms with Crippen molar-refractivity contribution in [3.8, 4) is 5.75 Å². The number of hydrogen-bond donors (Lipinski definition) is 1. The molecule has 3 nitrogen and oxygen atoms in total.